The fourth-order valence-electron chi connectivity index (χ4n) is 2.47. The summed E-state index contributed by atoms with van der Waals surface area (Å²) in [6, 6.07) is 14.0. The van der Waals surface area contributed by atoms with Crippen molar-refractivity contribution in [3.8, 4) is 11.5 Å². The molecular formula is C21H27NO2. The van der Waals surface area contributed by atoms with Gasteiger partial charge in [0.25, 0.3) is 0 Å². The molecule has 1 N–H and O–H groups in total. The van der Waals surface area contributed by atoms with E-state index in [0.29, 0.717) is 24.9 Å². The van der Waals surface area contributed by atoms with Gasteiger partial charge in [0.2, 0.25) is 0 Å². The Morgan fingerprint density at radius 3 is 2.42 bits per heavy atom. The Kier molecular flexibility index (Phi) is 6.86. The molecule has 2 rings (SSSR count). The minimum Gasteiger partial charge on any atom is -0.493 e. The van der Waals surface area contributed by atoms with Crippen molar-refractivity contribution in [2.75, 3.05) is 6.61 Å². The number of hydrogen-bond acceptors (Lipinski definition) is 3. The van der Waals surface area contributed by atoms with Crippen LogP contribution in [-0.2, 0) is 6.61 Å². The summed E-state index contributed by atoms with van der Waals surface area (Å²) in [5.41, 5.74) is 3.02. The highest BCUT2D eigenvalue weighted by atomic mass is 16.5. The first-order valence-corrected chi connectivity index (χ1v) is 8.63. The van der Waals surface area contributed by atoms with Crippen LogP contribution in [0.4, 0.5) is 0 Å². The van der Waals surface area contributed by atoms with E-state index in [9.17, 15) is 0 Å². The molecule has 24 heavy (non-hydrogen) atoms. The fraction of sp³-hybridized carbons (Fsp3) is 0.381. The van der Waals surface area contributed by atoms with Gasteiger partial charge in [-0.2, -0.15) is 0 Å². The summed E-state index contributed by atoms with van der Waals surface area (Å²) in [5.74, 6) is 1.90. The fourth-order valence-corrected chi connectivity index (χ4v) is 2.47. The standard InChI is InChI=1S/C21H27NO2/c1-4-5-11-23-21-13-20(18(14-22)12-19(21)16(2)3)24-15-17-9-7-6-8-10-17/h6-10,12-14,16,22H,4-5,11,15H2,1-3H3. The SMILES string of the molecule is CCCCOc1cc(OCc2ccccc2)c(C=N)cc1C(C)C. The lowest BCUT2D eigenvalue weighted by molar-refractivity contribution is 0.289. The largest absolute Gasteiger partial charge is 0.493 e. The summed E-state index contributed by atoms with van der Waals surface area (Å²) in [4.78, 5) is 0. The molecule has 3 nitrogen and oxygen atoms in total. The first-order valence-electron chi connectivity index (χ1n) is 8.63. The lowest BCUT2D eigenvalue weighted by Crippen LogP contribution is -2.05. The summed E-state index contributed by atoms with van der Waals surface area (Å²) in [7, 11) is 0. The molecule has 0 amide bonds. The van der Waals surface area contributed by atoms with Gasteiger partial charge in [-0.25, -0.2) is 0 Å². The van der Waals surface area contributed by atoms with Gasteiger partial charge in [-0.15, -0.1) is 0 Å². The van der Waals surface area contributed by atoms with E-state index in [4.69, 9.17) is 14.9 Å². The van der Waals surface area contributed by atoms with Crippen molar-refractivity contribution in [2.45, 2.75) is 46.1 Å². The molecule has 0 atom stereocenters. The van der Waals surface area contributed by atoms with Crippen LogP contribution in [-0.4, -0.2) is 12.8 Å². The molecule has 0 aromatic heterocycles. The van der Waals surface area contributed by atoms with Crippen LogP contribution in [0.1, 0.15) is 56.2 Å². The van der Waals surface area contributed by atoms with Gasteiger partial charge < -0.3 is 14.9 Å². The van der Waals surface area contributed by atoms with E-state index in [1.165, 1.54) is 6.21 Å². The van der Waals surface area contributed by atoms with Crippen molar-refractivity contribution in [1.29, 1.82) is 5.41 Å². The monoisotopic (exact) mass is 325 g/mol. The van der Waals surface area contributed by atoms with E-state index in [1.54, 1.807) is 0 Å². The molecule has 2 aromatic carbocycles. The van der Waals surface area contributed by atoms with Crippen molar-refractivity contribution in [1.82, 2.24) is 0 Å². The summed E-state index contributed by atoms with van der Waals surface area (Å²) >= 11 is 0. The van der Waals surface area contributed by atoms with E-state index in [-0.39, 0.29) is 0 Å². The van der Waals surface area contributed by atoms with Gasteiger partial charge in [0.15, 0.2) is 0 Å². The Hall–Kier alpha value is -2.29. The maximum atomic E-state index is 7.70. The lowest BCUT2D eigenvalue weighted by Gasteiger charge is -2.18. The van der Waals surface area contributed by atoms with Crippen molar-refractivity contribution < 1.29 is 9.47 Å². The third-order valence-corrected chi connectivity index (χ3v) is 3.91. The number of nitrogens with one attached hydrogen (secondary N) is 1. The molecule has 2 aromatic rings. The van der Waals surface area contributed by atoms with Crippen LogP contribution < -0.4 is 9.47 Å². The molecule has 0 heterocycles. The molecule has 0 aliphatic heterocycles. The van der Waals surface area contributed by atoms with E-state index in [2.05, 4.69) is 20.8 Å². The highest BCUT2D eigenvalue weighted by molar-refractivity contribution is 5.82. The Balaban J connectivity index is 2.24. The van der Waals surface area contributed by atoms with Crippen LogP contribution in [0.5, 0.6) is 11.5 Å². The van der Waals surface area contributed by atoms with Gasteiger partial charge >= 0.3 is 0 Å². The van der Waals surface area contributed by atoms with E-state index in [0.717, 1.165) is 35.3 Å². The van der Waals surface area contributed by atoms with E-state index in [1.807, 2.05) is 42.5 Å². The van der Waals surface area contributed by atoms with Gasteiger partial charge in [-0.3, -0.25) is 0 Å². The Bertz CT molecular complexity index is 650. The van der Waals surface area contributed by atoms with Crippen molar-refractivity contribution >= 4 is 6.21 Å². The first-order chi connectivity index (χ1) is 11.7. The Morgan fingerprint density at radius 1 is 1.04 bits per heavy atom. The van der Waals surface area contributed by atoms with E-state index >= 15 is 0 Å². The van der Waals surface area contributed by atoms with Crippen LogP contribution in [0.3, 0.4) is 0 Å². The molecule has 128 valence electrons. The second kappa shape index (κ2) is 9.11. The van der Waals surface area contributed by atoms with E-state index < -0.39 is 0 Å². The van der Waals surface area contributed by atoms with Crippen LogP contribution >= 0.6 is 0 Å². The van der Waals surface area contributed by atoms with Gasteiger partial charge in [0, 0.05) is 17.8 Å². The molecule has 0 fully saturated rings. The normalized spacial score (nSPS) is 10.7. The zero-order valence-electron chi connectivity index (χ0n) is 14.8. The van der Waals surface area contributed by atoms with Gasteiger partial charge in [-0.05, 0) is 29.5 Å². The summed E-state index contributed by atoms with van der Waals surface area (Å²) in [5, 5.41) is 7.70. The number of rotatable bonds is 9. The zero-order valence-corrected chi connectivity index (χ0v) is 14.8. The maximum Gasteiger partial charge on any atom is 0.132 e. The molecule has 0 aliphatic carbocycles. The highest BCUT2D eigenvalue weighted by Gasteiger charge is 2.14. The van der Waals surface area contributed by atoms with Crippen LogP contribution in [0.15, 0.2) is 42.5 Å². The molecular weight excluding hydrogens is 298 g/mol. The predicted molar refractivity (Wildman–Crippen MR) is 99.6 cm³/mol. The quantitative estimate of drug-likeness (QED) is 0.484. The molecule has 0 aliphatic rings. The van der Waals surface area contributed by atoms with Crippen LogP contribution in [0.2, 0.25) is 0 Å². The minimum atomic E-state index is 0.337. The van der Waals surface area contributed by atoms with Crippen molar-refractivity contribution in [3.05, 3.63) is 59.2 Å². The van der Waals surface area contributed by atoms with Crippen LogP contribution in [0.25, 0.3) is 0 Å². The van der Waals surface area contributed by atoms with Crippen LogP contribution in [0, 0.1) is 5.41 Å². The molecule has 0 bridgehead atoms. The average Bonchev–Trinajstić information content (AvgIpc) is 2.60. The summed E-state index contributed by atoms with van der Waals surface area (Å²) in [6.07, 6.45) is 3.49. The van der Waals surface area contributed by atoms with Gasteiger partial charge in [-0.1, -0.05) is 57.5 Å². The van der Waals surface area contributed by atoms with Gasteiger partial charge in [0.1, 0.15) is 18.1 Å². The zero-order chi connectivity index (χ0) is 17.4. The molecule has 0 unspecified atom stereocenters. The Labute approximate surface area is 145 Å². The van der Waals surface area contributed by atoms with Crippen molar-refractivity contribution in [3.63, 3.8) is 0 Å². The predicted octanol–water partition coefficient (Wildman–Crippen LogP) is 5.57. The third kappa shape index (κ3) is 4.85. The lowest BCUT2D eigenvalue weighted by atomic mass is 9.99. The maximum absolute atomic E-state index is 7.70. The molecule has 0 radical (unpaired) electrons. The topological polar surface area (TPSA) is 42.3 Å². The molecule has 0 spiro atoms. The first kappa shape index (κ1) is 18.1. The number of hydrogen-bond donors (Lipinski definition) is 1. The average molecular weight is 325 g/mol. The smallest absolute Gasteiger partial charge is 0.132 e. The summed E-state index contributed by atoms with van der Waals surface area (Å²) in [6.45, 7) is 7.62. The highest BCUT2D eigenvalue weighted by Crippen LogP contribution is 2.33. The third-order valence-electron chi connectivity index (χ3n) is 3.91. The van der Waals surface area contributed by atoms with Crippen molar-refractivity contribution in [2.24, 2.45) is 0 Å². The Morgan fingerprint density at radius 2 is 1.79 bits per heavy atom. The second-order valence-electron chi connectivity index (χ2n) is 6.20. The minimum absolute atomic E-state index is 0.337. The molecule has 0 saturated heterocycles. The second-order valence-corrected chi connectivity index (χ2v) is 6.20. The molecule has 3 heteroatoms. The number of benzene rings is 2. The number of unbranched alkanes of at least 4 members (excludes halogenated alkanes) is 1. The number of ether oxygens (including phenoxy) is 2. The van der Waals surface area contributed by atoms with Gasteiger partial charge in [0.05, 0.1) is 6.61 Å². The summed E-state index contributed by atoms with van der Waals surface area (Å²) < 4.78 is 11.9. The molecule has 0 saturated carbocycles.